The second kappa shape index (κ2) is 8.86. The lowest BCUT2D eigenvalue weighted by Crippen LogP contribution is -2.34. The molecule has 0 radical (unpaired) electrons. The highest BCUT2D eigenvalue weighted by molar-refractivity contribution is 7.98. The second-order valence-electron chi connectivity index (χ2n) is 7.34. The molecule has 1 aliphatic heterocycles. The summed E-state index contributed by atoms with van der Waals surface area (Å²) in [6.45, 7) is 4.69. The molecule has 3 rings (SSSR count). The number of benzene rings is 1. The first-order valence-corrected chi connectivity index (χ1v) is 10.8. The number of methoxy groups -OCH3 is 1. The minimum atomic E-state index is -0.347. The highest BCUT2D eigenvalue weighted by Crippen LogP contribution is 2.29. The van der Waals surface area contributed by atoms with Crippen molar-refractivity contribution < 1.29 is 14.3 Å². The molecule has 1 saturated heterocycles. The number of carbonyl (C=O) groups excluding carboxylic acids is 2. The largest absolute Gasteiger partial charge is 0.496 e. The van der Waals surface area contributed by atoms with Gasteiger partial charge in [0, 0.05) is 47.9 Å². The molecule has 0 saturated carbocycles. The predicted molar refractivity (Wildman–Crippen MR) is 115 cm³/mol. The summed E-state index contributed by atoms with van der Waals surface area (Å²) in [6.07, 6.45) is 4.01. The molecule has 0 N–H and O–H groups in total. The molecular formula is C22H27N3O3S. The van der Waals surface area contributed by atoms with Crippen LogP contribution in [0, 0.1) is 19.8 Å². The standard InChI is InChI=1S/C22H27N3O3S/c1-14-11-23-19(15(2)21(14)28-4)13-24(3)22(27)16-10-20(26)25(12-16)17-6-8-18(29-5)9-7-17/h6-9,11,16H,10,12-13H2,1-5H3. The van der Waals surface area contributed by atoms with E-state index in [9.17, 15) is 9.59 Å². The number of hydrogen-bond donors (Lipinski definition) is 0. The van der Waals surface area contributed by atoms with Gasteiger partial charge in [0.05, 0.1) is 25.3 Å². The highest BCUT2D eigenvalue weighted by Gasteiger charge is 2.36. The molecular weight excluding hydrogens is 386 g/mol. The van der Waals surface area contributed by atoms with Crippen molar-refractivity contribution in [1.82, 2.24) is 9.88 Å². The van der Waals surface area contributed by atoms with Gasteiger partial charge in [-0.05, 0) is 44.4 Å². The molecule has 1 atom stereocenters. The number of nitrogens with zero attached hydrogens (tertiary/aromatic N) is 3. The minimum Gasteiger partial charge on any atom is -0.496 e. The summed E-state index contributed by atoms with van der Waals surface area (Å²) in [7, 11) is 3.40. The van der Waals surface area contributed by atoms with E-state index >= 15 is 0 Å². The van der Waals surface area contributed by atoms with Crippen LogP contribution in [0.25, 0.3) is 0 Å². The summed E-state index contributed by atoms with van der Waals surface area (Å²) in [5.74, 6) is 0.398. The monoisotopic (exact) mass is 413 g/mol. The molecule has 1 unspecified atom stereocenters. The van der Waals surface area contributed by atoms with Gasteiger partial charge in [0.2, 0.25) is 11.8 Å². The van der Waals surface area contributed by atoms with Crippen LogP contribution in [0.2, 0.25) is 0 Å². The van der Waals surface area contributed by atoms with E-state index < -0.39 is 0 Å². The lowest BCUT2D eigenvalue weighted by Gasteiger charge is -2.22. The maximum absolute atomic E-state index is 13.0. The maximum atomic E-state index is 13.0. The molecule has 1 aromatic heterocycles. The number of amides is 2. The molecule has 0 spiro atoms. The van der Waals surface area contributed by atoms with Gasteiger partial charge in [-0.3, -0.25) is 14.6 Å². The molecule has 1 aromatic carbocycles. The predicted octanol–water partition coefficient (Wildman–Crippen LogP) is 3.44. The SMILES string of the molecule is COc1c(C)cnc(CN(C)C(=O)C2CC(=O)N(c3ccc(SC)cc3)C2)c1C. The number of anilines is 1. The van der Waals surface area contributed by atoms with Crippen LogP contribution in [0.5, 0.6) is 5.75 Å². The van der Waals surface area contributed by atoms with Gasteiger partial charge in [0.25, 0.3) is 0 Å². The fourth-order valence-corrected chi connectivity index (χ4v) is 4.14. The van der Waals surface area contributed by atoms with Crippen LogP contribution in [0.15, 0.2) is 35.4 Å². The smallest absolute Gasteiger partial charge is 0.228 e. The first-order chi connectivity index (χ1) is 13.8. The third-order valence-electron chi connectivity index (χ3n) is 5.37. The van der Waals surface area contributed by atoms with E-state index in [0.29, 0.717) is 13.1 Å². The molecule has 1 fully saturated rings. The van der Waals surface area contributed by atoms with E-state index in [-0.39, 0.29) is 24.2 Å². The minimum absolute atomic E-state index is 0.0139. The van der Waals surface area contributed by atoms with Crippen LogP contribution in [-0.2, 0) is 16.1 Å². The summed E-state index contributed by atoms with van der Waals surface area (Å²) < 4.78 is 5.46. The van der Waals surface area contributed by atoms with Crippen LogP contribution < -0.4 is 9.64 Å². The number of thioether (sulfide) groups is 1. The van der Waals surface area contributed by atoms with Gasteiger partial charge in [0.1, 0.15) is 5.75 Å². The molecule has 1 aliphatic rings. The first kappa shape index (κ1) is 21.2. The van der Waals surface area contributed by atoms with Crippen LogP contribution in [-0.4, -0.2) is 48.7 Å². The quantitative estimate of drug-likeness (QED) is 0.679. The van der Waals surface area contributed by atoms with Crippen LogP contribution in [0.1, 0.15) is 23.2 Å². The van der Waals surface area contributed by atoms with E-state index in [4.69, 9.17) is 4.74 Å². The van der Waals surface area contributed by atoms with Gasteiger partial charge < -0.3 is 14.5 Å². The number of hydrogen-bond acceptors (Lipinski definition) is 5. The van der Waals surface area contributed by atoms with Crippen LogP contribution in [0.3, 0.4) is 0 Å². The molecule has 154 valence electrons. The van der Waals surface area contributed by atoms with Gasteiger partial charge in [-0.1, -0.05) is 0 Å². The number of pyridine rings is 1. The van der Waals surface area contributed by atoms with Crippen molar-refractivity contribution in [2.24, 2.45) is 5.92 Å². The topological polar surface area (TPSA) is 62.7 Å². The first-order valence-electron chi connectivity index (χ1n) is 9.54. The van der Waals surface area contributed by atoms with Gasteiger partial charge in [-0.2, -0.15) is 0 Å². The zero-order chi connectivity index (χ0) is 21.1. The van der Waals surface area contributed by atoms with Crippen molar-refractivity contribution in [3.63, 3.8) is 0 Å². The third kappa shape index (κ3) is 4.40. The van der Waals surface area contributed by atoms with Crippen LogP contribution >= 0.6 is 11.8 Å². The normalized spacial score (nSPS) is 16.2. The molecule has 29 heavy (non-hydrogen) atoms. The Hall–Kier alpha value is -2.54. The van der Waals surface area contributed by atoms with Gasteiger partial charge in [-0.15, -0.1) is 11.8 Å². The Bertz CT molecular complexity index is 914. The van der Waals surface area contributed by atoms with E-state index in [0.717, 1.165) is 33.2 Å². The van der Waals surface area contributed by atoms with E-state index in [1.165, 1.54) is 0 Å². The van der Waals surface area contributed by atoms with E-state index in [1.54, 1.807) is 41.9 Å². The highest BCUT2D eigenvalue weighted by atomic mass is 32.2. The van der Waals surface area contributed by atoms with Crippen LogP contribution in [0.4, 0.5) is 5.69 Å². The van der Waals surface area contributed by atoms with Crippen molar-refractivity contribution in [3.05, 3.63) is 47.3 Å². The Balaban J connectivity index is 1.69. The number of aryl methyl sites for hydroxylation is 1. The van der Waals surface area contributed by atoms with Crippen molar-refractivity contribution >= 4 is 29.3 Å². The molecule has 2 aromatic rings. The number of ether oxygens (including phenoxy) is 1. The number of carbonyl (C=O) groups is 2. The molecule has 2 heterocycles. The van der Waals surface area contributed by atoms with E-state index in [1.807, 2.05) is 44.4 Å². The molecule has 7 heteroatoms. The zero-order valence-electron chi connectivity index (χ0n) is 17.6. The Labute approximate surface area is 176 Å². The second-order valence-corrected chi connectivity index (χ2v) is 8.22. The van der Waals surface area contributed by atoms with Crippen molar-refractivity contribution in [2.45, 2.75) is 31.7 Å². The summed E-state index contributed by atoms with van der Waals surface area (Å²) in [6, 6.07) is 7.86. The van der Waals surface area contributed by atoms with Crippen molar-refractivity contribution in [1.29, 1.82) is 0 Å². The lowest BCUT2D eigenvalue weighted by molar-refractivity contribution is -0.135. The number of rotatable bonds is 6. The fourth-order valence-electron chi connectivity index (χ4n) is 3.73. The van der Waals surface area contributed by atoms with Gasteiger partial charge >= 0.3 is 0 Å². The molecule has 0 bridgehead atoms. The average molecular weight is 414 g/mol. The van der Waals surface area contributed by atoms with E-state index in [2.05, 4.69) is 4.98 Å². The molecule has 2 amide bonds. The van der Waals surface area contributed by atoms with Crippen molar-refractivity contribution in [2.75, 3.05) is 31.9 Å². The Morgan fingerprint density at radius 2 is 2.00 bits per heavy atom. The zero-order valence-corrected chi connectivity index (χ0v) is 18.4. The molecule has 6 nitrogen and oxygen atoms in total. The maximum Gasteiger partial charge on any atom is 0.228 e. The van der Waals surface area contributed by atoms with Gasteiger partial charge in [0.15, 0.2) is 0 Å². The fraction of sp³-hybridized carbons (Fsp3) is 0.409. The van der Waals surface area contributed by atoms with Gasteiger partial charge in [-0.25, -0.2) is 0 Å². The number of aromatic nitrogens is 1. The Kier molecular flexibility index (Phi) is 6.47. The lowest BCUT2D eigenvalue weighted by atomic mass is 10.1. The summed E-state index contributed by atoms with van der Waals surface area (Å²) in [4.78, 5) is 34.5. The Morgan fingerprint density at radius 1 is 1.31 bits per heavy atom. The molecule has 0 aliphatic carbocycles. The average Bonchev–Trinajstić information content (AvgIpc) is 3.11. The summed E-state index contributed by atoms with van der Waals surface area (Å²) >= 11 is 1.66. The summed E-state index contributed by atoms with van der Waals surface area (Å²) in [5, 5.41) is 0. The van der Waals surface area contributed by atoms with Crippen molar-refractivity contribution in [3.8, 4) is 5.75 Å². The Morgan fingerprint density at radius 3 is 2.62 bits per heavy atom. The third-order valence-corrected chi connectivity index (χ3v) is 6.11. The summed E-state index contributed by atoms with van der Waals surface area (Å²) in [5.41, 5.74) is 3.54.